The number of carbonyl (C=O) groups excluding carboxylic acids is 1. The third kappa shape index (κ3) is 3.26. The number of hydrogen-bond donors (Lipinski definition) is 3. The highest BCUT2D eigenvalue weighted by atomic mass is 35.5. The number of nitrogens with one attached hydrogen (secondary N) is 2. The van der Waals surface area contributed by atoms with Crippen LogP contribution in [-0.4, -0.2) is 45.5 Å². The molecule has 3 N–H and O–H groups in total. The number of alkyl halides is 3. The van der Waals surface area contributed by atoms with Gasteiger partial charge in [-0.15, -0.1) is 0 Å². The number of carbonyl (C=O) groups is 1. The quantitative estimate of drug-likeness (QED) is 0.618. The number of aromatic amines is 1. The lowest BCUT2D eigenvalue weighted by Crippen LogP contribution is -2.49. The van der Waals surface area contributed by atoms with E-state index in [0.29, 0.717) is 31.7 Å². The first-order chi connectivity index (χ1) is 14.1. The number of aromatic nitrogens is 3. The fraction of sp³-hybridized carbons (Fsp3) is 0.444. The third-order valence-corrected chi connectivity index (χ3v) is 5.82. The van der Waals surface area contributed by atoms with E-state index in [1.54, 1.807) is 12.1 Å². The Labute approximate surface area is 173 Å². The minimum atomic E-state index is -5.03. The number of piperidine rings is 1. The highest BCUT2D eigenvalue weighted by Crippen LogP contribution is 2.49. The van der Waals surface area contributed by atoms with Crippen LogP contribution in [0, 0.1) is 11.3 Å². The Morgan fingerprint density at radius 2 is 2.03 bits per heavy atom. The molecule has 2 aromatic heterocycles. The van der Waals surface area contributed by atoms with Crippen LogP contribution in [0.2, 0.25) is 5.15 Å². The first-order valence-electron chi connectivity index (χ1n) is 9.13. The molecule has 0 spiro atoms. The van der Waals surface area contributed by atoms with Gasteiger partial charge in [-0.1, -0.05) is 11.6 Å². The first-order valence-corrected chi connectivity index (χ1v) is 9.51. The van der Waals surface area contributed by atoms with E-state index in [1.165, 1.54) is 0 Å². The molecule has 1 unspecified atom stereocenters. The zero-order chi connectivity index (χ0) is 21.7. The molecule has 0 bridgehead atoms. The van der Waals surface area contributed by atoms with E-state index in [-0.39, 0.29) is 28.1 Å². The maximum absolute atomic E-state index is 13.7. The van der Waals surface area contributed by atoms with Gasteiger partial charge in [0.25, 0.3) is 0 Å². The van der Waals surface area contributed by atoms with Crippen molar-refractivity contribution in [1.29, 1.82) is 5.26 Å². The number of nitrogens with zero attached hydrogens (tertiary/aromatic N) is 4. The van der Waals surface area contributed by atoms with Crippen molar-refractivity contribution in [3.63, 3.8) is 0 Å². The highest BCUT2D eigenvalue weighted by Gasteiger charge is 2.61. The number of fused-ring (bicyclic) bond motifs is 1. The normalized spacial score (nSPS) is 22.4. The van der Waals surface area contributed by atoms with Gasteiger partial charge in [-0.3, -0.25) is 9.89 Å². The SMILES string of the molecule is N#Cc1ccc(N2CCC(c3[nH]nc4c3C(O)(C(F)(F)F)CC(=O)N4)CC2)nc1Cl. The molecule has 4 rings (SSSR count). The molecule has 4 heterocycles. The predicted molar refractivity (Wildman–Crippen MR) is 99.9 cm³/mol. The van der Waals surface area contributed by atoms with Crippen molar-refractivity contribution in [3.05, 3.63) is 34.1 Å². The summed E-state index contributed by atoms with van der Waals surface area (Å²) in [5.74, 6) is -0.985. The number of halogens is 4. The smallest absolute Gasteiger partial charge is 0.376 e. The molecule has 8 nitrogen and oxygen atoms in total. The van der Waals surface area contributed by atoms with E-state index in [2.05, 4.69) is 20.5 Å². The Morgan fingerprint density at radius 1 is 1.33 bits per heavy atom. The van der Waals surface area contributed by atoms with Gasteiger partial charge in [0.15, 0.2) is 11.4 Å². The maximum Gasteiger partial charge on any atom is 0.422 e. The molecule has 0 aliphatic carbocycles. The monoisotopic (exact) mass is 440 g/mol. The van der Waals surface area contributed by atoms with Crippen LogP contribution >= 0.6 is 11.6 Å². The van der Waals surface area contributed by atoms with Crippen molar-refractivity contribution in [2.45, 2.75) is 37.0 Å². The number of hydrogen-bond acceptors (Lipinski definition) is 6. The van der Waals surface area contributed by atoms with Crippen LogP contribution in [0.25, 0.3) is 0 Å². The Balaban J connectivity index is 1.58. The van der Waals surface area contributed by atoms with Crippen LogP contribution in [0.3, 0.4) is 0 Å². The molecule has 2 aliphatic rings. The summed E-state index contributed by atoms with van der Waals surface area (Å²) in [6.45, 7) is 0.953. The third-order valence-electron chi connectivity index (χ3n) is 5.53. The summed E-state index contributed by atoms with van der Waals surface area (Å²) < 4.78 is 41.0. The van der Waals surface area contributed by atoms with E-state index in [4.69, 9.17) is 16.9 Å². The minimum Gasteiger partial charge on any atom is -0.376 e. The summed E-state index contributed by atoms with van der Waals surface area (Å²) in [6, 6.07) is 5.16. The maximum atomic E-state index is 13.7. The van der Waals surface area contributed by atoms with Gasteiger partial charge in [0.05, 0.1) is 17.5 Å². The van der Waals surface area contributed by atoms with Crippen LogP contribution in [0.4, 0.5) is 24.8 Å². The fourth-order valence-electron chi connectivity index (χ4n) is 3.98. The number of nitriles is 1. The first kappa shape index (κ1) is 20.4. The molecule has 1 fully saturated rings. The van der Waals surface area contributed by atoms with Crippen molar-refractivity contribution >= 4 is 29.1 Å². The van der Waals surface area contributed by atoms with Crippen molar-refractivity contribution in [3.8, 4) is 6.07 Å². The summed E-state index contributed by atoms with van der Waals surface area (Å²) in [4.78, 5) is 17.8. The van der Waals surface area contributed by atoms with Gasteiger partial charge in [0.2, 0.25) is 5.91 Å². The molecule has 1 saturated heterocycles. The van der Waals surface area contributed by atoms with Gasteiger partial charge in [0, 0.05) is 24.7 Å². The van der Waals surface area contributed by atoms with E-state index in [9.17, 15) is 23.1 Å². The number of H-pyrrole nitrogens is 1. The molecule has 1 amide bonds. The Morgan fingerprint density at radius 3 is 2.63 bits per heavy atom. The summed E-state index contributed by atoms with van der Waals surface area (Å²) in [6.07, 6.45) is -5.20. The molecule has 0 aromatic carbocycles. The molecule has 0 radical (unpaired) electrons. The lowest BCUT2D eigenvalue weighted by molar-refractivity contribution is -0.267. The molecule has 158 valence electrons. The van der Waals surface area contributed by atoms with Gasteiger partial charge < -0.3 is 15.3 Å². The second-order valence-corrected chi connectivity index (χ2v) is 7.68. The van der Waals surface area contributed by atoms with Crippen LogP contribution in [0.1, 0.15) is 42.0 Å². The van der Waals surface area contributed by atoms with Gasteiger partial charge in [-0.05, 0) is 25.0 Å². The van der Waals surface area contributed by atoms with Gasteiger partial charge in [-0.2, -0.15) is 23.5 Å². The highest BCUT2D eigenvalue weighted by molar-refractivity contribution is 6.30. The lowest BCUT2D eigenvalue weighted by atomic mass is 9.81. The predicted octanol–water partition coefficient (Wildman–Crippen LogP) is 2.81. The number of anilines is 2. The van der Waals surface area contributed by atoms with E-state index in [0.717, 1.165) is 0 Å². The zero-order valence-corrected chi connectivity index (χ0v) is 16.2. The van der Waals surface area contributed by atoms with E-state index in [1.807, 2.05) is 11.0 Å². The largest absolute Gasteiger partial charge is 0.422 e. The summed E-state index contributed by atoms with van der Waals surface area (Å²) in [5.41, 5.74) is -3.26. The second kappa shape index (κ2) is 7.14. The van der Waals surface area contributed by atoms with Crippen molar-refractivity contribution < 1.29 is 23.1 Å². The van der Waals surface area contributed by atoms with Crippen LogP contribution < -0.4 is 10.2 Å². The van der Waals surface area contributed by atoms with E-state index < -0.39 is 29.7 Å². The number of amides is 1. The van der Waals surface area contributed by atoms with Crippen molar-refractivity contribution in [2.75, 3.05) is 23.3 Å². The fourth-order valence-corrected chi connectivity index (χ4v) is 4.17. The summed E-state index contributed by atoms with van der Waals surface area (Å²) >= 11 is 5.98. The van der Waals surface area contributed by atoms with Crippen molar-refractivity contribution in [1.82, 2.24) is 15.2 Å². The molecule has 2 aliphatic heterocycles. The lowest BCUT2D eigenvalue weighted by Gasteiger charge is -2.37. The van der Waals surface area contributed by atoms with Gasteiger partial charge in [-0.25, -0.2) is 4.98 Å². The van der Waals surface area contributed by atoms with Crippen LogP contribution in [-0.2, 0) is 10.4 Å². The summed E-state index contributed by atoms with van der Waals surface area (Å²) in [7, 11) is 0. The van der Waals surface area contributed by atoms with Crippen LogP contribution in [0.5, 0.6) is 0 Å². The Bertz CT molecular complexity index is 1040. The topological polar surface area (TPSA) is 118 Å². The number of aliphatic hydroxyl groups is 1. The standard InChI is InChI=1S/C18H16ClF3N6O2/c19-15-10(8-23)1-2-11(24-15)28-5-3-9(4-6-28)14-13-16(27-26-14)25-12(29)7-17(13,30)18(20,21)22/h1-2,9,30H,3-7H2,(H2,25,26,27,29). The molecular weight excluding hydrogens is 425 g/mol. The molecular formula is C18H16ClF3N6O2. The summed E-state index contributed by atoms with van der Waals surface area (Å²) in [5, 5.41) is 28.2. The number of pyridine rings is 1. The van der Waals surface area contributed by atoms with Crippen molar-refractivity contribution in [2.24, 2.45) is 0 Å². The Hall–Kier alpha value is -2.84. The number of rotatable bonds is 2. The zero-order valence-electron chi connectivity index (χ0n) is 15.4. The molecule has 2 aromatic rings. The van der Waals surface area contributed by atoms with Gasteiger partial charge >= 0.3 is 6.18 Å². The average molecular weight is 441 g/mol. The van der Waals surface area contributed by atoms with E-state index >= 15 is 0 Å². The molecule has 12 heteroatoms. The van der Waals surface area contributed by atoms with Crippen LogP contribution in [0.15, 0.2) is 12.1 Å². The van der Waals surface area contributed by atoms with Gasteiger partial charge in [0.1, 0.15) is 17.0 Å². The molecule has 0 saturated carbocycles. The second-order valence-electron chi connectivity index (χ2n) is 7.32. The molecule has 30 heavy (non-hydrogen) atoms. The Kier molecular flexibility index (Phi) is 4.86. The molecule has 1 atom stereocenters. The average Bonchev–Trinajstić information content (AvgIpc) is 3.11. The minimum absolute atomic E-state index is 0.0887.